The molecule has 0 aliphatic heterocycles. The van der Waals surface area contributed by atoms with Crippen LogP contribution in [-0.4, -0.2) is 28.6 Å². The molecule has 0 saturated carbocycles. The van der Waals surface area contributed by atoms with Gasteiger partial charge in [-0.3, -0.25) is 9.97 Å². The molecule has 0 saturated heterocycles. The topological polar surface area (TPSA) is 49.8 Å². The van der Waals surface area contributed by atoms with E-state index in [1.54, 1.807) is 12.4 Å². The van der Waals surface area contributed by atoms with Crippen LogP contribution in [-0.2, 0) is 6.54 Å². The summed E-state index contributed by atoms with van der Waals surface area (Å²) >= 11 is 0. The van der Waals surface area contributed by atoms with E-state index in [9.17, 15) is 0 Å². The Morgan fingerprint density at radius 3 is 2.47 bits per heavy atom. The Morgan fingerprint density at radius 1 is 1.00 bits per heavy atom. The molecule has 4 nitrogen and oxygen atoms in total. The van der Waals surface area contributed by atoms with Crippen LogP contribution in [0.2, 0.25) is 0 Å². The summed E-state index contributed by atoms with van der Waals surface area (Å²) in [6.45, 7) is 9.31. The molecular weight excluding hydrogens is 236 g/mol. The molecule has 1 aromatic heterocycles. The average Bonchev–Trinajstić information content (AvgIpc) is 2.37. The van der Waals surface area contributed by atoms with Crippen LogP contribution in [0.1, 0.15) is 26.3 Å². The number of nitrogens with zero attached hydrogens (tertiary/aromatic N) is 2. The summed E-state index contributed by atoms with van der Waals surface area (Å²) in [5, 5.41) is 6.88. The number of aromatic nitrogens is 2. The highest BCUT2D eigenvalue weighted by Gasteiger charge is 2.06. The number of nitrogens with one attached hydrogen (secondary N) is 2. The smallest absolute Gasteiger partial charge is 0.0890 e. The molecule has 0 fully saturated rings. The van der Waals surface area contributed by atoms with E-state index in [-0.39, 0.29) is 5.54 Å². The maximum absolute atomic E-state index is 4.32. The number of rotatable bonds is 5. The molecule has 2 aromatic rings. The van der Waals surface area contributed by atoms with E-state index < -0.39 is 0 Å². The fourth-order valence-electron chi connectivity index (χ4n) is 1.88. The molecule has 0 aliphatic carbocycles. The molecule has 0 aliphatic rings. The van der Waals surface area contributed by atoms with Gasteiger partial charge in [0.25, 0.3) is 0 Å². The average molecular weight is 258 g/mol. The first-order valence-electron chi connectivity index (χ1n) is 6.70. The summed E-state index contributed by atoms with van der Waals surface area (Å²) in [6.07, 6.45) is 3.45. The highest BCUT2D eigenvalue weighted by Crippen LogP contribution is 2.10. The summed E-state index contributed by atoms with van der Waals surface area (Å²) in [7, 11) is 0. The van der Waals surface area contributed by atoms with Gasteiger partial charge >= 0.3 is 0 Å². The lowest BCUT2D eigenvalue weighted by Crippen LogP contribution is -2.40. The fraction of sp³-hybridized carbons (Fsp3) is 0.467. The van der Waals surface area contributed by atoms with Crippen LogP contribution in [0.3, 0.4) is 0 Å². The quantitative estimate of drug-likeness (QED) is 0.807. The van der Waals surface area contributed by atoms with Gasteiger partial charge in [0.05, 0.1) is 11.0 Å². The molecule has 1 aromatic carbocycles. The first-order chi connectivity index (χ1) is 9.04. The number of fused-ring (bicyclic) bond motifs is 1. The molecule has 1 heterocycles. The van der Waals surface area contributed by atoms with Crippen molar-refractivity contribution in [2.24, 2.45) is 0 Å². The molecule has 0 atom stereocenters. The van der Waals surface area contributed by atoms with Gasteiger partial charge in [-0.05, 0) is 38.5 Å². The molecule has 0 unspecified atom stereocenters. The van der Waals surface area contributed by atoms with Crippen molar-refractivity contribution in [3.63, 3.8) is 0 Å². The lowest BCUT2D eigenvalue weighted by atomic mass is 10.1. The Balaban J connectivity index is 1.82. The predicted octanol–water partition coefficient (Wildman–Crippen LogP) is 2.11. The van der Waals surface area contributed by atoms with Crippen molar-refractivity contribution in [3.05, 3.63) is 36.2 Å². The van der Waals surface area contributed by atoms with E-state index in [1.807, 2.05) is 6.07 Å². The lowest BCUT2D eigenvalue weighted by molar-refractivity contribution is 0.421. The zero-order valence-electron chi connectivity index (χ0n) is 11.9. The summed E-state index contributed by atoms with van der Waals surface area (Å²) in [5.74, 6) is 0. The van der Waals surface area contributed by atoms with Crippen LogP contribution in [0.25, 0.3) is 11.0 Å². The van der Waals surface area contributed by atoms with Crippen molar-refractivity contribution < 1.29 is 0 Å². The van der Waals surface area contributed by atoms with Crippen LogP contribution in [0.5, 0.6) is 0 Å². The first-order valence-corrected chi connectivity index (χ1v) is 6.70. The van der Waals surface area contributed by atoms with Gasteiger partial charge in [0.2, 0.25) is 0 Å². The second-order valence-corrected chi connectivity index (χ2v) is 5.73. The van der Waals surface area contributed by atoms with Gasteiger partial charge in [0.15, 0.2) is 0 Å². The van der Waals surface area contributed by atoms with Crippen LogP contribution in [0.4, 0.5) is 0 Å². The van der Waals surface area contributed by atoms with Crippen LogP contribution >= 0.6 is 0 Å². The maximum Gasteiger partial charge on any atom is 0.0890 e. The molecule has 2 rings (SSSR count). The highest BCUT2D eigenvalue weighted by atomic mass is 15.0. The van der Waals surface area contributed by atoms with E-state index in [4.69, 9.17) is 0 Å². The third kappa shape index (κ3) is 4.58. The van der Waals surface area contributed by atoms with Crippen molar-refractivity contribution in [1.82, 2.24) is 20.6 Å². The normalized spacial score (nSPS) is 11.9. The Kier molecular flexibility index (Phi) is 4.45. The van der Waals surface area contributed by atoms with Gasteiger partial charge in [-0.2, -0.15) is 0 Å². The zero-order chi connectivity index (χ0) is 13.7. The third-order valence-electron chi connectivity index (χ3n) is 2.82. The fourth-order valence-corrected chi connectivity index (χ4v) is 1.88. The summed E-state index contributed by atoms with van der Waals surface area (Å²) in [5.41, 5.74) is 3.32. The van der Waals surface area contributed by atoms with E-state index in [0.29, 0.717) is 0 Å². The van der Waals surface area contributed by atoms with Gasteiger partial charge < -0.3 is 10.6 Å². The summed E-state index contributed by atoms with van der Waals surface area (Å²) in [6, 6.07) is 6.21. The van der Waals surface area contributed by atoms with Gasteiger partial charge in [-0.1, -0.05) is 6.07 Å². The number of benzene rings is 1. The van der Waals surface area contributed by atoms with Gasteiger partial charge in [0, 0.05) is 37.6 Å². The second kappa shape index (κ2) is 6.08. The van der Waals surface area contributed by atoms with E-state index >= 15 is 0 Å². The molecular formula is C15H22N4. The van der Waals surface area contributed by atoms with Gasteiger partial charge in [0.1, 0.15) is 0 Å². The minimum atomic E-state index is 0.181. The molecule has 102 valence electrons. The van der Waals surface area contributed by atoms with E-state index in [2.05, 4.69) is 53.5 Å². The first kappa shape index (κ1) is 13.9. The summed E-state index contributed by atoms with van der Waals surface area (Å²) in [4.78, 5) is 8.58. The van der Waals surface area contributed by atoms with Crippen molar-refractivity contribution in [2.75, 3.05) is 13.1 Å². The number of hydrogen-bond acceptors (Lipinski definition) is 4. The highest BCUT2D eigenvalue weighted by molar-refractivity contribution is 5.74. The Labute approximate surface area is 114 Å². The molecule has 0 spiro atoms. The van der Waals surface area contributed by atoms with Gasteiger partial charge in [-0.25, -0.2) is 0 Å². The van der Waals surface area contributed by atoms with Crippen molar-refractivity contribution in [2.45, 2.75) is 32.9 Å². The molecule has 2 N–H and O–H groups in total. The van der Waals surface area contributed by atoms with Crippen molar-refractivity contribution in [1.29, 1.82) is 0 Å². The molecule has 0 bridgehead atoms. The minimum Gasteiger partial charge on any atom is -0.311 e. The lowest BCUT2D eigenvalue weighted by Gasteiger charge is -2.20. The molecule has 19 heavy (non-hydrogen) atoms. The van der Waals surface area contributed by atoms with Gasteiger partial charge in [-0.15, -0.1) is 0 Å². The number of hydrogen-bond donors (Lipinski definition) is 2. The standard InChI is InChI=1S/C15H22N4/c1-15(2,3)19-9-6-16-11-12-4-5-13-14(10-12)18-8-7-17-13/h4-5,7-8,10,16,19H,6,9,11H2,1-3H3. The SMILES string of the molecule is CC(C)(C)NCCNCc1ccc2nccnc2c1. The molecule has 0 amide bonds. The largest absolute Gasteiger partial charge is 0.311 e. The monoisotopic (exact) mass is 258 g/mol. The van der Waals surface area contributed by atoms with Crippen LogP contribution in [0, 0.1) is 0 Å². The third-order valence-corrected chi connectivity index (χ3v) is 2.82. The Morgan fingerprint density at radius 2 is 1.74 bits per heavy atom. The second-order valence-electron chi connectivity index (χ2n) is 5.73. The predicted molar refractivity (Wildman–Crippen MR) is 79.0 cm³/mol. The maximum atomic E-state index is 4.32. The Hall–Kier alpha value is -1.52. The van der Waals surface area contributed by atoms with E-state index in [1.165, 1.54) is 5.56 Å². The van der Waals surface area contributed by atoms with Crippen molar-refractivity contribution >= 4 is 11.0 Å². The molecule has 4 heteroatoms. The van der Waals surface area contributed by atoms with Crippen LogP contribution in [0.15, 0.2) is 30.6 Å². The van der Waals surface area contributed by atoms with Crippen molar-refractivity contribution in [3.8, 4) is 0 Å². The molecule has 0 radical (unpaired) electrons. The Bertz CT molecular complexity index is 531. The summed E-state index contributed by atoms with van der Waals surface area (Å²) < 4.78 is 0. The van der Waals surface area contributed by atoms with Crippen LogP contribution < -0.4 is 10.6 Å². The minimum absolute atomic E-state index is 0.181. The zero-order valence-corrected chi connectivity index (χ0v) is 11.9. The van der Waals surface area contributed by atoms with E-state index in [0.717, 1.165) is 30.7 Å².